The van der Waals surface area contributed by atoms with Gasteiger partial charge in [0.25, 0.3) is 5.91 Å². The fourth-order valence-corrected chi connectivity index (χ4v) is 4.38. The Kier molecular flexibility index (Phi) is 5.05. The van der Waals surface area contributed by atoms with Crippen molar-refractivity contribution in [3.63, 3.8) is 0 Å². The molecular formula is C25H19F2N7O. The molecule has 0 radical (unpaired) electrons. The molecule has 5 heterocycles. The first-order valence-corrected chi connectivity index (χ1v) is 11.2. The van der Waals surface area contributed by atoms with Gasteiger partial charge in [0, 0.05) is 35.6 Å². The molecule has 0 fully saturated rings. The van der Waals surface area contributed by atoms with Gasteiger partial charge in [0.2, 0.25) is 5.95 Å². The summed E-state index contributed by atoms with van der Waals surface area (Å²) in [5.74, 6) is -1.26. The topological polar surface area (TPSA) is 90.0 Å². The smallest absolute Gasteiger partial charge is 0.257 e. The van der Waals surface area contributed by atoms with Gasteiger partial charge in [-0.3, -0.25) is 9.48 Å². The molecule has 0 unspecified atom stereocenters. The Balaban J connectivity index is 1.39. The molecule has 0 aliphatic carbocycles. The van der Waals surface area contributed by atoms with E-state index in [9.17, 15) is 13.6 Å². The van der Waals surface area contributed by atoms with Crippen LogP contribution in [0, 0.1) is 11.8 Å². The van der Waals surface area contributed by atoms with Crippen LogP contribution in [0.2, 0.25) is 0 Å². The minimum atomic E-state index is -0.736. The lowest BCUT2D eigenvalue weighted by molar-refractivity contribution is 0.102. The lowest BCUT2D eigenvalue weighted by Crippen LogP contribution is -2.12. The fourth-order valence-electron chi connectivity index (χ4n) is 4.38. The van der Waals surface area contributed by atoms with E-state index in [4.69, 9.17) is 10.2 Å². The van der Waals surface area contributed by atoms with Crippen molar-refractivity contribution in [2.45, 2.75) is 25.8 Å². The SMILES string of the molecule is O=C(Nc1cn2nc(-c3c(-c4ccc(F)cc4)nn4c3CCCC4)ccc2n1)c1ccnc(F)c1. The standard InChI is InChI=1S/C25H19F2N7O/c26-17-6-4-15(5-7-17)24-23(19-3-1-2-12-33(19)32-24)18-8-9-22-29-21(14-34(22)31-18)30-25(35)16-10-11-28-20(27)13-16/h4-11,13-14H,1-3,12H2,(H,30,35). The van der Waals surface area contributed by atoms with Crippen molar-refractivity contribution >= 4 is 17.4 Å². The third-order valence-electron chi connectivity index (χ3n) is 6.02. The summed E-state index contributed by atoms with van der Waals surface area (Å²) in [6, 6.07) is 12.4. The van der Waals surface area contributed by atoms with E-state index in [1.807, 2.05) is 16.8 Å². The van der Waals surface area contributed by atoms with Crippen molar-refractivity contribution in [1.82, 2.24) is 29.4 Å². The van der Waals surface area contributed by atoms with Crippen LogP contribution in [0.1, 0.15) is 28.9 Å². The van der Waals surface area contributed by atoms with Crippen LogP contribution in [0.5, 0.6) is 0 Å². The third-order valence-corrected chi connectivity index (χ3v) is 6.02. The lowest BCUT2D eigenvalue weighted by Gasteiger charge is -2.14. The molecule has 4 aromatic heterocycles. The molecule has 5 aromatic rings. The largest absolute Gasteiger partial charge is 0.305 e. The van der Waals surface area contributed by atoms with Crippen LogP contribution in [0.15, 0.2) is 60.9 Å². The molecule has 1 N–H and O–H groups in total. The number of imidazole rings is 1. The number of hydrogen-bond donors (Lipinski definition) is 1. The zero-order valence-electron chi connectivity index (χ0n) is 18.4. The van der Waals surface area contributed by atoms with Gasteiger partial charge < -0.3 is 5.32 Å². The van der Waals surface area contributed by atoms with E-state index in [1.54, 1.807) is 22.8 Å². The molecule has 10 heteroatoms. The summed E-state index contributed by atoms with van der Waals surface area (Å²) < 4.78 is 30.5. The molecule has 1 aromatic carbocycles. The number of fused-ring (bicyclic) bond motifs is 2. The predicted octanol–water partition coefficient (Wildman–Crippen LogP) is 4.52. The van der Waals surface area contributed by atoms with Crippen molar-refractivity contribution in [1.29, 1.82) is 0 Å². The molecule has 6 rings (SSSR count). The zero-order valence-corrected chi connectivity index (χ0v) is 18.4. The molecule has 0 atom stereocenters. The summed E-state index contributed by atoms with van der Waals surface area (Å²) in [5, 5.41) is 12.2. The van der Waals surface area contributed by atoms with Crippen LogP contribution in [-0.4, -0.2) is 35.3 Å². The van der Waals surface area contributed by atoms with Gasteiger partial charge in [0.1, 0.15) is 11.5 Å². The number of carbonyl (C=O) groups is 1. The van der Waals surface area contributed by atoms with Crippen molar-refractivity contribution in [3.8, 4) is 22.5 Å². The van der Waals surface area contributed by atoms with Gasteiger partial charge in [0.05, 0.1) is 17.5 Å². The molecule has 1 amide bonds. The number of halogens is 2. The van der Waals surface area contributed by atoms with Crippen molar-refractivity contribution < 1.29 is 13.6 Å². The Morgan fingerprint density at radius 2 is 1.86 bits per heavy atom. The molecule has 35 heavy (non-hydrogen) atoms. The van der Waals surface area contributed by atoms with Crippen LogP contribution in [-0.2, 0) is 13.0 Å². The van der Waals surface area contributed by atoms with E-state index >= 15 is 0 Å². The number of rotatable bonds is 4. The highest BCUT2D eigenvalue weighted by atomic mass is 19.1. The minimum Gasteiger partial charge on any atom is -0.305 e. The number of aromatic nitrogens is 6. The number of pyridine rings is 1. The average molecular weight is 471 g/mol. The van der Waals surface area contributed by atoms with E-state index in [0.29, 0.717) is 11.3 Å². The summed E-state index contributed by atoms with van der Waals surface area (Å²) in [6.45, 7) is 0.822. The first kappa shape index (κ1) is 21.1. The molecule has 0 bridgehead atoms. The third kappa shape index (κ3) is 3.92. The van der Waals surface area contributed by atoms with E-state index < -0.39 is 11.9 Å². The van der Waals surface area contributed by atoms with Crippen molar-refractivity contribution in [2.75, 3.05) is 5.32 Å². The number of nitrogens with zero attached hydrogens (tertiary/aromatic N) is 6. The lowest BCUT2D eigenvalue weighted by atomic mass is 9.99. The molecule has 1 aliphatic heterocycles. The molecule has 0 spiro atoms. The average Bonchev–Trinajstić information content (AvgIpc) is 3.44. The molecule has 1 aliphatic rings. The van der Waals surface area contributed by atoms with Crippen molar-refractivity contribution in [3.05, 3.63) is 83.9 Å². The maximum Gasteiger partial charge on any atom is 0.257 e. The number of anilines is 1. The number of hydrogen-bond acceptors (Lipinski definition) is 5. The van der Waals surface area contributed by atoms with Crippen LogP contribution in [0.3, 0.4) is 0 Å². The van der Waals surface area contributed by atoms with E-state index in [0.717, 1.165) is 54.4 Å². The first-order valence-electron chi connectivity index (χ1n) is 11.2. The highest BCUT2D eigenvalue weighted by Crippen LogP contribution is 2.36. The van der Waals surface area contributed by atoms with Gasteiger partial charge in [-0.2, -0.15) is 14.6 Å². The Labute approximate surface area is 198 Å². The summed E-state index contributed by atoms with van der Waals surface area (Å²) in [6.07, 6.45) is 5.81. The maximum atomic E-state index is 13.5. The van der Waals surface area contributed by atoms with Gasteiger partial charge in [-0.1, -0.05) is 0 Å². The molecule has 174 valence electrons. The van der Waals surface area contributed by atoms with Crippen LogP contribution >= 0.6 is 0 Å². The van der Waals surface area contributed by atoms with Gasteiger partial charge in [-0.25, -0.2) is 18.9 Å². The second kappa shape index (κ2) is 8.39. The van der Waals surface area contributed by atoms with Crippen LogP contribution < -0.4 is 5.32 Å². The molecule has 0 saturated heterocycles. The normalized spacial score (nSPS) is 13.1. The summed E-state index contributed by atoms with van der Waals surface area (Å²) in [7, 11) is 0. The summed E-state index contributed by atoms with van der Waals surface area (Å²) in [5.41, 5.74) is 4.94. The van der Waals surface area contributed by atoms with Gasteiger partial charge in [-0.05, 0) is 61.7 Å². The summed E-state index contributed by atoms with van der Waals surface area (Å²) >= 11 is 0. The van der Waals surface area contributed by atoms with Gasteiger partial charge in [0.15, 0.2) is 11.5 Å². The first-order chi connectivity index (χ1) is 17.0. The number of benzene rings is 1. The number of amides is 1. The van der Waals surface area contributed by atoms with Crippen LogP contribution in [0.4, 0.5) is 14.6 Å². The monoisotopic (exact) mass is 471 g/mol. The minimum absolute atomic E-state index is 0.138. The van der Waals surface area contributed by atoms with Crippen LogP contribution in [0.25, 0.3) is 28.2 Å². The number of nitrogens with one attached hydrogen (secondary N) is 1. The molecule has 0 saturated carbocycles. The quantitative estimate of drug-likeness (QED) is 0.389. The van der Waals surface area contributed by atoms with E-state index in [1.165, 1.54) is 24.4 Å². The second-order valence-corrected chi connectivity index (χ2v) is 8.33. The Morgan fingerprint density at radius 3 is 2.69 bits per heavy atom. The Hall–Kier alpha value is -4.47. The second-order valence-electron chi connectivity index (χ2n) is 8.33. The molecule has 8 nitrogen and oxygen atoms in total. The molecular weight excluding hydrogens is 452 g/mol. The zero-order chi connectivity index (χ0) is 23.9. The van der Waals surface area contributed by atoms with E-state index in [-0.39, 0.29) is 17.2 Å². The fraction of sp³-hybridized carbons (Fsp3) is 0.160. The predicted molar refractivity (Wildman–Crippen MR) is 125 cm³/mol. The number of carbonyl (C=O) groups excluding carboxylic acids is 1. The highest BCUT2D eigenvalue weighted by molar-refractivity contribution is 6.03. The number of aryl methyl sites for hydroxylation is 1. The van der Waals surface area contributed by atoms with E-state index in [2.05, 4.69) is 15.3 Å². The Bertz CT molecular complexity index is 1570. The van der Waals surface area contributed by atoms with Crippen molar-refractivity contribution in [2.24, 2.45) is 0 Å². The van der Waals surface area contributed by atoms with Gasteiger partial charge in [-0.15, -0.1) is 0 Å². The van der Waals surface area contributed by atoms with Gasteiger partial charge >= 0.3 is 0 Å². The Morgan fingerprint density at radius 1 is 1.00 bits per heavy atom. The summed E-state index contributed by atoms with van der Waals surface area (Å²) in [4.78, 5) is 20.3. The maximum absolute atomic E-state index is 13.5. The highest BCUT2D eigenvalue weighted by Gasteiger charge is 2.24.